The van der Waals surface area contributed by atoms with E-state index in [0.717, 1.165) is 0 Å². The van der Waals surface area contributed by atoms with Gasteiger partial charge in [-0.05, 0) is 13.0 Å². The Balaban J connectivity index is 2.53. The molecule has 1 N–H and O–H groups in total. The first kappa shape index (κ1) is 16.1. The molecule has 1 amide bonds. The Bertz CT molecular complexity index is 534. The van der Waals surface area contributed by atoms with Gasteiger partial charge in [0.05, 0.1) is 4.92 Å². The van der Waals surface area contributed by atoms with Crippen LogP contribution >= 0.6 is 0 Å². The predicted molar refractivity (Wildman–Crippen MR) is 69.1 cm³/mol. The number of nitro benzene ring substituents is 1. The molecule has 21 heavy (non-hydrogen) atoms. The Morgan fingerprint density at radius 3 is 2.62 bits per heavy atom. The van der Waals surface area contributed by atoms with E-state index in [1.165, 1.54) is 31.2 Å². The third kappa shape index (κ3) is 5.30. The largest absolute Gasteiger partial charge is 0.474 e. The van der Waals surface area contributed by atoms with E-state index in [9.17, 15) is 25.0 Å². The molecule has 0 aliphatic carbocycles. The van der Waals surface area contributed by atoms with Crippen LogP contribution in [0.1, 0.15) is 6.92 Å². The Kier molecular flexibility index (Phi) is 5.86. The number of amides is 1. The van der Waals surface area contributed by atoms with Gasteiger partial charge in [-0.1, -0.05) is 12.1 Å². The van der Waals surface area contributed by atoms with Crippen LogP contribution < -0.4 is 10.1 Å². The van der Waals surface area contributed by atoms with Gasteiger partial charge in [0.25, 0.3) is 11.0 Å². The number of ether oxygens (including phenoxy) is 1. The number of carbonyl (C=O) groups is 1. The minimum absolute atomic E-state index is 0.0355. The summed E-state index contributed by atoms with van der Waals surface area (Å²) in [6.45, 7) is 1.03. The molecule has 0 radical (unpaired) electrons. The summed E-state index contributed by atoms with van der Waals surface area (Å²) in [5.74, 6) is -0.605. The molecule has 1 rings (SSSR count). The van der Waals surface area contributed by atoms with Crippen LogP contribution in [0.4, 0.5) is 5.69 Å². The first-order chi connectivity index (χ1) is 9.91. The van der Waals surface area contributed by atoms with Crippen molar-refractivity contribution in [2.45, 2.75) is 13.0 Å². The van der Waals surface area contributed by atoms with E-state index in [1.807, 2.05) is 0 Å². The maximum absolute atomic E-state index is 11.6. The maximum Gasteiger partial charge on any atom is 0.310 e. The van der Waals surface area contributed by atoms with Crippen molar-refractivity contribution < 1.29 is 24.4 Å². The molecule has 1 aromatic rings. The van der Waals surface area contributed by atoms with Gasteiger partial charge in [-0.25, -0.2) is 0 Å². The second-order valence-electron chi connectivity index (χ2n) is 3.83. The Morgan fingerprint density at radius 1 is 1.33 bits per heavy atom. The normalized spacial score (nSPS) is 11.3. The Hall–Kier alpha value is -2.91. The molecular weight excluding hydrogens is 286 g/mol. The van der Waals surface area contributed by atoms with E-state index in [0.29, 0.717) is 0 Å². The number of para-hydroxylation sites is 2. The fraction of sp³-hybridized carbons (Fsp3) is 0.364. The molecule has 0 aromatic heterocycles. The van der Waals surface area contributed by atoms with E-state index in [-0.39, 0.29) is 24.6 Å². The summed E-state index contributed by atoms with van der Waals surface area (Å²) in [4.78, 5) is 35.7. The van der Waals surface area contributed by atoms with Gasteiger partial charge in [-0.3, -0.25) is 14.9 Å². The van der Waals surface area contributed by atoms with Crippen molar-refractivity contribution in [2.75, 3.05) is 13.2 Å². The molecule has 0 fully saturated rings. The number of nitrogens with zero attached hydrogens (tertiary/aromatic N) is 2. The van der Waals surface area contributed by atoms with Crippen LogP contribution in [0.15, 0.2) is 24.3 Å². The van der Waals surface area contributed by atoms with Crippen LogP contribution in [0.5, 0.6) is 5.75 Å². The number of carbonyl (C=O) groups excluding carboxylic acids is 1. The SMILES string of the molecule is CC(Oc1ccccc1[N+](=O)[O-])C(=O)NCCO[N+](=O)[O-]. The monoisotopic (exact) mass is 299 g/mol. The van der Waals surface area contributed by atoms with Crippen LogP contribution in [0.3, 0.4) is 0 Å². The summed E-state index contributed by atoms with van der Waals surface area (Å²) >= 11 is 0. The highest BCUT2D eigenvalue weighted by molar-refractivity contribution is 5.80. The van der Waals surface area contributed by atoms with E-state index in [4.69, 9.17) is 4.74 Å². The van der Waals surface area contributed by atoms with Crippen molar-refractivity contribution in [3.05, 3.63) is 44.5 Å². The van der Waals surface area contributed by atoms with Gasteiger partial charge >= 0.3 is 5.69 Å². The van der Waals surface area contributed by atoms with E-state index in [2.05, 4.69) is 10.2 Å². The lowest BCUT2D eigenvalue weighted by Gasteiger charge is -2.14. The second-order valence-corrected chi connectivity index (χ2v) is 3.83. The molecule has 10 heteroatoms. The molecule has 0 spiro atoms. The molecule has 114 valence electrons. The molecule has 0 saturated carbocycles. The van der Waals surface area contributed by atoms with Crippen molar-refractivity contribution in [2.24, 2.45) is 0 Å². The molecule has 0 bridgehead atoms. The first-order valence-electron chi connectivity index (χ1n) is 5.87. The number of nitrogens with one attached hydrogen (secondary N) is 1. The van der Waals surface area contributed by atoms with E-state index < -0.39 is 22.0 Å². The van der Waals surface area contributed by atoms with Gasteiger partial charge in [0, 0.05) is 12.6 Å². The maximum atomic E-state index is 11.6. The topological polar surface area (TPSA) is 134 Å². The molecule has 0 aliphatic heterocycles. The third-order valence-electron chi connectivity index (χ3n) is 2.33. The predicted octanol–water partition coefficient (Wildman–Crippen LogP) is 0.687. The highest BCUT2D eigenvalue weighted by atomic mass is 16.9. The Labute approximate surface area is 118 Å². The number of rotatable bonds is 8. The molecular formula is C11H13N3O7. The number of hydrogen-bond acceptors (Lipinski definition) is 7. The highest BCUT2D eigenvalue weighted by Gasteiger charge is 2.20. The van der Waals surface area contributed by atoms with Gasteiger partial charge < -0.3 is 14.9 Å². The van der Waals surface area contributed by atoms with Crippen molar-refractivity contribution in [1.82, 2.24) is 5.32 Å². The molecule has 1 aromatic carbocycles. The van der Waals surface area contributed by atoms with Crippen LogP contribution in [0.25, 0.3) is 0 Å². The zero-order valence-electron chi connectivity index (χ0n) is 11.1. The standard InChI is InChI=1S/C11H13N3O7/c1-8(11(15)12-6-7-20-14(18)19)21-10-5-3-2-4-9(10)13(16)17/h2-5,8H,6-7H2,1H3,(H,12,15). The molecule has 1 atom stereocenters. The van der Waals surface area contributed by atoms with E-state index in [1.54, 1.807) is 0 Å². The second kappa shape index (κ2) is 7.62. The number of hydrogen-bond donors (Lipinski definition) is 1. The van der Waals surface area contributed by atoms with Crippen LogP contribution in [-0.4, -0.2) is 35.2 Å². The molecule has 0 saturated heterocycles. The number of nitro groups is 1. The summed E-state index contributed by atoms with van der Waals surface area (Å²) in [7, 11) is 0. The zero-order valence-corrected chi connectivity index (χ0v) is 11.1. The molecule has 10 nitrogen and oxygen atoms in total. The van der Waals surface area contributed by atoms with Crippen LogP contribution in [0, 0.1) is 20.2 Å². The van der Waals surface area contributed by atoms with Gasteiger partial charge in [-0.2, -0.15) is 0 Å². The zero-order chi connectivity index (χ0) is 15.8. The quantitative estimate of drug-likeness (QED) is 0.424. The summed E-state index contributed by atoms with van der Waals surface area (Å²) in [6, 6.07) is 5.64. The van der Waals surface area contributed by atoms with Crippen LogP contribution in [-0.2, 0) is 9.63 Å². The van der Waals surface area contributed by atoms with Crippen molar-refractivity contribution in [1.29, 1.82) is 0 Å². The average molecular weight is 299 g/mol. The minimum Gasteiger partial charge on any atom is -0.474 e. The van der Waals surface area contributed by atoms with Crippen molar-refractivity contribution in [3.8, 4) is 5.75 Å². The van der Waals surface area contributed by atoms with Gasteiger partial charge in [0.1, 0.15) is 6.61 Å². The fourth-order valence-corrected chi connectivity index (χ4v) is 1.39. The summed E-state index contributed by atoms with van der Waals surface area (Å²) in [5.41, 5.74) is -0.256. The minimum atomic E-state index is -0.998. The highest BCUT2D eigenvalue weighted by Crippen LogP contribution is 2.26. The summed E-state index contributed by atoms with van der Waals surface area (Å²) in [5, 5.41) is 22.1. The molecule has 1 unspecified atom stereocenters. The van der Waals surface area contributed by atoms with Gasteiger partial charge in [-0.15, -0.1) is 10.1 Å². The molecule has 0 aliphatic rings. The summed E-state index contributed by atoms with van der Waals surface area (Å²) in [6.07, 6.45) is -0.998. The van der Waals surface area contributed by atoms with Crippen molar-refractivity contribution in [3.63, 3.8) is 0 Å². The van der Waals surface area contributed by atoms with Gasteiger partial charge in [0.15, 0.2) is 11.9 Å². The third-order valence-corrected chi connectivity index (χ3v) is 2.33. The summed E-state index contributed by atoms with van der Waals surface area (Å²) < 4.78 is 5.22. The van der Waals surface area contributed by atoms with Crippen LogP contribution in [0.2, 0.25) is 0 Å². The fourth-order valence-electron chi connectivity index (χ4n) is 1.39. The smallest absolute Gasteiger partial charge is 0.310 e. The van der Waals surface area contributed by atoms with E-state index >= 15 is 0 Å². The van der Waals surface area contributed by atoms with Crippen molar-refractivity contribution >= 4 is 11.6 Å². The lowest BCUT2D eigenvalue weighted by molar-refractivity contribution is -0.757. The number of benzene rings is 1. The average Bonchev–Trinajstić information content (AvgIpc) is 2.43. The molecule has 0 heterocycles. The lowest BCUT2D eigenvalue weighted by atomic mass is 10.3. The first-order valence-corrected chi connectivity index (χ1v) is 5.87. The Morgan fingerprint density at radius 2 is 2.00 bits per heavy atom. The van der Waals surface area contributed by atoms with Gasteiger partial charge in [0.2, 0.25) is 0 Å². The lowest BCUT2D eigenvalue weighted by Crippen LogP contribution is -2.38.